The van der Waals surface area contributed by atoms with Crippen molar-refractivity contribution in [3.05, 3.63) is 70.3 Å². The Balaban J connectivity index is 0.000000241. The summed E-state index contributed by atoms with van der Waals surface area (Å²) >= 11 is 0. The Morgan fingerprint density at radius 3 is 1.46 bits per heavy atom. The minimum atomic E-state index is -5.74. The maximum Gasteiger partial charge on any atom is 0.434 e. The fraction of sp³-hybridized carbons (Fsp3) is 0.651. The van der Waals surface area contributed by atoms with E-state index < -0.39 is 49.1 Å². The lowest BCUT2D eigenvalue weighted by atomic mass is 9.77. The molecule has 1 aliphatic carbocycles. The lowest BCUT2D eigenvalue weighted by Crippen LogP contribution is -2.54. The van der Waals surface area contributed by atoms with Gasteiger partial charge in [-0.05, 0) is 117 Å². The molecule has 0 atom stereocenters. The van der Waals surface area contributed by atoms with Gasteiger partial charge >= 0.3 is 36.9 Å². The summed E-state index contributed by atoms with van der Waals surface area (Å²) in [6.07, 6.45) is -24.4. The largest absolute Gasteiger partial charge is 0.434 e. The normalized spacial score (nSPS) is 18.9. The SMILES string of the molecule is CCc1cc(C=O)ccc1F.CCc1cc(CN2CCCC23CCN(C(=O)OC(C(F)(F)F)C(F)(F)F)CC3)ccc1F.O=C(OC(C(F)(F)F)C(F)(F)F)N1CCC2(CCCC2)CC1. The van der Waals surface area contributed by atoms with Crippen LogP contribution in [0.3, 0.4) is 0 Å². The van der Waals surface area contributed by atoms with Crippen molar-refractivity contribution in [2.75, 3.05) is 32.7 Å². The van der Waals surface area contributed by atoms with Crippen LogP contribution in [0.25, 0.3) is 0 Å². The van der Waals surface area contributed by atoms with Crippen molar-refractivity contribution in [3.63, 3.8) is 0 Å². The van der Waals surface area contributed by atoms with E-state index in [0.29, 0.717) is 61.8 Å². The number of ether oxygens (including phenoxy) is 2. The van der Waals surface area contributed by atoms with Crippen LogP contribution in [0.2, 0.25) is 0 Å². The van der Waals surface area contributed by atoms with Crippen molar-refractivity contribution in [2.45, 2.75) is 140 Å². The maximum atomic E-state index is 13.8. The first-order valence-corrected chi connectivity index (χ1v) is 21.1. The van der Waals surface area contributed by atoms with Gasteiger partial charge < -0.3 is 19.3 Å². The van der Waals surface area contributed by atoms with E-state index in [2.05, 4.69) is 14.4 Å². The molecule has 6 rings (SSSR count). The van der Waals surface area contributed by atoms with Gasteiger partial charge in [-0.1, -0.05) is 38.8 Å². The number of hydrogen-bond donors (Lipinski definition) is 0. The Hall–Kier alpha value is -4.37. The highest BCUT2D eigenvalue weighted by atomic mass is 19.4. The van der Waals surface area contributed by atoms with Crippen LogP contribution >= 0.6 is 0 Å². The number of amides is 2. The standard InChI is InChI=1S/C21H25F7N2O2.C13H17F6NO2.C9H9FO/c1-2-15-12-14(4-5-16(15)22)13-30-9-3-6-19(30)7-10-29(11-8-19)18(31)32-17(20(23,24)25)21(26,27)28;14-12(15,16)9(13(17,18)19)22-10(21)20-7-5-11(6-8-20)3-1-2-4-11;1-2-8-5-7(6-11)3-4-9(8)10/h4-5,12,17H,2-3,6-11,13H2,1H3;9H,1-8H2;3-6H,2H2,1H3. The number of aldehydes is 1. The van der Waals surface area contributed by atoms with Crippen LogP contribution in [0, 0.1) is 17.0 Å². The zero-order chi connectivity index (χ0) is 48.6. The van der Waals surface area contributed by atoms with Gasteiger partial charge in [0.25, 0.3) is 12.2 Å². The number of alkyl halides is 12. The number of carbonyl (C=O) groups is 3. The molecule has 0 unspecified atom stereocenters. The molecular weight excluding hydrogens is 904 g/mol. The minimum Gasteiger partial charge on any atom is -0.426 e. The molecule has 0 N–H and O–H groups in total. The van der Waals surface area contributed by atoms with E-state index in [1.54, 1.807) is 12.1 Å². The number of rotatable bonds is 7. The zero-order valence-electron chi connectivity index (χ0n) is 35.6. The number of aryl methyl sites for hydroxylation is 2. The topological polar surface area (TPSA) is 79.4 Å². The molecule has 22 heteroatoms. The Morgan fingerprint density at radius 1 is 0.600 bits per heavy atom. The van der Waals surface area contributed by atoms with Gasteiger partial charge in [-0.3, -0.25) is 9.69 Å². The molecule has 0 aromatic heterocycles. The summed E-state index contributed by atoms with van der Waals surface area (Å²) in [6.45, 7) is 5.32. The van der Waals surface area contributed by atoms with Gasteiger partial charge in [0.15, 0.2) is 0 Å². The molecule has 3 saturated heterocycles. The third kappa shape index (κ3) is 14.3. The van der Waals surface area contributed by atoms with Crippen molar-refractivity contribution >= 4 is 18.5 Å². The highest BCUT2D eigenvalue weighted by Crippen LogP contribution is 2.47. The molecule has 1 saturated carbocycles. The third-order valence-corrected chi connectivity index (χ3v) is 12.5. The number of likely N-dealkylation sites (tertiary alicyclic amines) is 3. The van der Waals surface area contributed by atoms with Crippen LogP contribution in [-0.4, -0.2) is 108 Å². The van der Waals surface area contributed by atoms with E-state index in [-0.39, 0.29) is 48.8 Å². The highest BCUT2D eigenvalue weighted by molar-refractivity contribution is 5.75. The average Bonchev–Trinajstić information content (AvgIpc) is 3.85. The van der Waals surface area contributed by atoms with Gasteiger partial charge in [-0.15, -0.1) is 0 Å². The fourth-order valence-electron chi connectivity index (χ4n) is 8.85. The van der Waals surface area contributed by atoms with Gasteiger partial charge in [-0.25, -0.2) is 18.4 Å². The molecule has 2 aromatic carbocycles. The first kappa shape index (κ1) is 53.2. The second-order valence-electron chi connectivity index (χ2n) is 16.7. The lowest BCUT2D eigenvalue weighted by Gasteiger charge is -2.45. The molecule has 0 radical (unpaired) electrons. The van der Waals surface area contributed by atoms with Gasteiger partial charge in [0.1, 0.15) is 17.9 Å². The van der Waals surface area contributed by atoms with E-state index in [0.717, 1.165) is 66.7 Å². The molecule has 65 heavy (non-hydrogen) atoms. The number of benzene rings is 2. The first-order chi connectivity index (χ1) is 30.2. The van der Waals surface area contributed by atoms with Crippen LogP contribution < -0.4 is 0 Å². The Bertz CT molecular complexity index is 1870. The van der Waals surface area contributed by atoms with Crippen molar-refractivity contribution in [1.29, 1.82) is 0 Å². The second kappa shape index (κ2) is 21.5. The summed E-state index contributed by atoms with van der Waals surface area (Å²) in [5.74, 6) is -0.506. The molecule has 4 aliphatic rings. The Morgan fingerprint density at radius 2 is 1.03 bits per heavy atom. The van der Waals surface area contributed by atoms with Crippen LogP contribution in [0.4, 0.5) is 71.1 Å². The predicted molar refractivity (Wildman–Crippen MR) is 207 cm³/mol. The smallest absolute Gasteiger partial charge is 0.426 e. The summed E-state index contributed by atoms with van der Waals surface area (Å²) in [5.41, 5.74) is 2.47. The number of nitrogens with zero attached hydrogens (tertiary/aromatic N) is 3. The van der Waals surface area contributed by atoms with Gasteiger partial charge in [-0.2, -0.15) is 52.7 Å². The van der Waals surface area contributed by atoms with E-state index in [9.17, 15) is 75.8 Å². The molecule has 4 fully saturated rings. The van der Waals surface area contributed by atoms with Crippen molar-refractivity contribution in [2.24, 2.45) is 5.41 Å². The van der Waals surface area contributed by atoms with Crippen molar-refractivity contribution in [3.8, 4) is 0 Å². The maximum absolute atomic E-state index is 13.8. The van der Waals surface area contributed by atoms with Crippen LogP contribution in [-0.2, 0) is 28.9 Å². The number of piperidine rings is 2. The highest BCUT2D eigenvalue weighted by Gasteiger charge is 2.61. The molecule has 2 aromatic rings. The predicted octanol–water partition coefficient (Wildman–Crippen LogP) is 11.9. The molecule has 8 nitrogen and oxygen atoms in total. The number of hydrogen-bond acceptors (Lipinski definition) is 6. The summed E-state index contributed by atoms with van der Waals surface area (Å²) in [5, 5.41) is 0. The zero-order valence-corrected chi connectivity index (χ0v) is 35.6. The van der Waals surface area contributed by atoms with Crippen molar-refractivity contribution in [1.82, 2.24) is 14.7 Å². The number of halogens is 14. The molecule has 3 aliphatic heterocycles. The molecule has 2 spiro atoms. The monoisotopic (exact) mass is 955 g/mol. The first-order valence-electron chi connectivity index (χ1n) is 21.1. The number of carbonyl (C=O) groups excluding carboxylic acids is 3. The fourth-order valence-corrected chi connectivity index (χ4v) is 8.85. The summed E-state index contributed by atoms with van der Waals surface area (Å²) in [6, 6.07) is 9.31. The Labute approximate surface area is 366 Å². The summed E-state index contributed by atoms with van der Waals surface area (Å²) in [4.78, 5) is 38.0. The summed E-state index contributed by atoms with van der Waals surface area (Å²) < 4.78 is 184. The van der Waals surface area contributed by atoms with Crippen molar-refractivity contribution < 1.29 is 85.3 Å². The molecule has 2 amide bonds. The van der Waals surface area contributed by atoms with Gasteiger partial charge in [0, 0.05) is 43.8 Å². The lowest BCUT2D eigenvalue weighted by molar-refractivity contribution is -0.309. The van der Waals surface area contributed by atoms with E-state index >= 15 is 0 Å². The van der Waals surface area contributed by atoms with E-state index in [1.165, 1.54) is 18.2 Å². The van der Waals surface area contributed by atoms with Gasteiger partial charge in [0.05, 0.1) is 0 Å². The van der Waals surface area contributed by atoms with Gasteiger partial charge in [0.2, 0.25) is 0 Å². The second-order valence-corrected chi connectivity index (χ2v) is 16.7. The Kier molecular flexibility index (Phi) is 17.6. The quantitative estimate of drug-likeness (QED) is 0.203. The average molecular weight is 956 g/mol. The molecule has 3 heterocycles. The van der Waals surface area contributed by atoms with E-state index in [4.69, 9.17) is 0 Å². The minimum absolute atomic E-state index is 0.00138. The van der Waals surface area contributed by atoms with Crippen LogP contribution in [0.15, 0.2) is 36.4 Å². The van der Waals surface area contributed by atoms with Crippen LogP contribution in [0.1, 0.15) is 105 Å². The van der Waals surface area contributed by atoms with Crippen LogP contribution in [0.5, 0.6) is 0 Å². The summed E-state index contributed by atoms with van der Waals surface area (Å²) in [7, 11) is 0. The van der Waals surface area contributed by atoms with E-state index in [1.807, 2.05) is 19.9 Å². The molecular formula is C43H51F14N3O5. The molecule has 366 valence electrons. The molecule has 0 bridgehead atoms. The third-order valence-electron chi connectivity index (χ3n) is 12.5.